The first-order valence-electron chi connectivity index (χ1n) is 7.17. The van der Waals surface area contributed by atoms with Crippen molar-refractivity contribution in [3.05, 3.63) is 34.7 Å². The molecule has 0 spiro atoms. The van der Waals surface area contributed by atoms with E-state index in [4.69, 9.17) is 0 Å². The molecule has 0 saturated heterocycles. The van der Waals surface area contributed by atoms with Gasteiger partial charge in [0.1, 0.15) is 0 Å². The number of thiophene rings is 1. The van der Waals surface area contributed by atoms with Gasteiger partial charge in [0.25, 0.3) is 0 Å². The fourth-order valence-corrected chi connectivity index (χ4v) is 5.52. The third kappa shape index (κ3) is 3.00. The predicted molar refractivity (Wildman–Crippen MR) is 78.3 cm³/mol. The molecule has 3 rings (SSSR count). The molecule has 1 heterocycles. The Hall–Kier alpha value is -0.550. The van der Waals surface area contributed by atoms with Crippen molar-refractivity contribution >= 4 is 20.6 Å². The monoisotopic (exact) mass is 378 g/mol. The number of rotatable bonds is 2. The van der Waals surface area contributed by atoms with Crippen molar-refractivity contribution in [2.24, 2.45) is 0 Å². The quantitative estimate of drug-likeness (QED) is 0.703. The van der Waals surface area contributed by atoms with Crippen molar-refractivity contribution in [1.29, 1.82) is 0 Å². The van der Waals surface area contributed by atoms with Crippen LogP contribution in [0.1, 0.15) is 49.0 Å². The maximum Gasteiger partial charge on any atom is 0.600 e. The van der Waals surface area contributed by atoms with E-state index in [-0.39, 0.29) is 22.9 Å². The molecule has 1 saturated carbocycles. The van der Waals surface area contributed by atoms with Crippen molar-refractivity contribution in [2.45, 2.75) is 50.5 Å². The zero-order chi connectivity index (χ0) is 14.3. The maximum absolute atomic E-state index is 13.6. The van der Waals surface area contributed by atoms with Crippen LogP contribution in [0.5, 0.6) is 0 Å². The van der Waals surface area contributed by atoms with Gasteiger partial charge in [0, 0.05) is 17.4 Å². The highest BCUT2D eigenvalue weighted by Crippen LogP contribution is 2.55. The topological polar surface area (TPSA) is 0 Å². The van der Waals surface area contributed by atoms with E-state index in [1.165, 1.54) is 0 Å². The normalized spacial score (nSPS) is 17.2. The van der Waals surface area contributed by atoms with Crippen molar-refractivity contribution in [2.75, 3.05) is 0 Å². The van der Waals surface area contributed by atoms with Crippen molar-refractivity contribution in [3.63, 3.8) is 0 Å². The summed E-state index contributed by atoms with van der Waals surface area (Å²) in [4.78, 5) is 0.644. The summed E-state index contributed by atoms with van der Waals surface area (Å²) in [5.41, 5.74) is -3.11. The van der Waals surface area contributed by atoms with Gasteiger partial charge in [0.05, 0.1) is 10.5 Å². The van der Waals surface area contributed by atoms with Gasteiger partial charge in [0.15, 0.2) is 9.58 Å². The van der Waals surface area contributed by atoms with Crippen LogP contribution < -0.4 is 17.0 Å². The smallest absolute Gasteiger partial charge is 0.600 e. The van der Waals surface area contributed by atoms with E-state index in [1.54, 1.807) is 12.1 Å². The largest absolute Gasteiger partial charge is 1.00 e. The van der Waals surface area contributed by atoms with Crippen LogP contribution in [-0.4, -0.2) is 0 Å². The molecule has 1 unspecified atom stereocenters. The summed E-state index contributed by atoms with van der Waals surface area (Å²) >= 11 is 0. The van der Waals surface area contributed by atoms with Gasteiger partial charge in [-0.25, -0.2) is 0 Å². The first-order valence-corrected chi connectivity index (χ1v) is 8.39. The van der Waals surface area contributed by atoms with E-state index < -0.39 is 16.0 Å². The highest BCUT2D eigenvalue weighted by Gasteiger charge is 2.49. The number of alkyl halides is 3. The lowest BCUT2D eigenvalue weighted by atomic mass is 10.0. The fourth-order valence-electron chi connectivity index (χ4n) is 3.32. The van der Waals surface area contributed by atoms with E-state index >= 15 is 0 Å². The number of hydrogen-bond donors (Lipinski definition) is 0. The summed E-state index contributed by atoms with van der Waals surface area (Å²) in [5, 5.41) is 0.845. The standard InChI is InChI=1S/C16H18F3S.BrH/c1-2-11-8-5-9-14-13(11)10-15(12-6-3-4-7-12)20(14)16(17,18)19;/h5,8-10,12H,2-4,6-7H2,1H3;1H/q+1;/p-1. The fraction of sp³-hybridized carbons (Fsp3) is 0.500. The molecule has 0 amide bonds. The minimum absolute atomic E-state index is 0. The van der Waals surface area contributed by atoms with Gasteiger partial charge >= 0.3 is 5.51 Å². The van der Waals surface area contributed by atoms with Gasteiger partial charge in [-0.3, -0.25) is 0 Å². The number of benzene rings is 1. The van der Waals surface area contributed by atoms with Gasteiger partial charge < -0.3 is 17.0 Å². The van der Waals surface area contributed by atoms with E-state index in [0.29, 0.717) is 9.58 Å². The van der Waals surface area contributed by atoms with Crippen LogP contribution in [0.25, 0.3) is 10.1 Å². The average molecular weight is 379 g/mol. The molecule has 1 aliphatic carbocycles. The van der Waals surface area contributed by atoms with E-state index in [9.17, 15) is 13.2 Å². The Kier molecular flexibility index (Phi) is 5.03. The van der Waals surface area contributed by atoms with Crippen LogP contribution in [0.2, 0.25) is 0 Å². The zero-order valence-electron chi connectivity index (χ0n) is 11.8. The van der Waals surface area contributed by atoms with Crippen LogP contribution in [-0.2, 0) is 11.9 Å². The Morgan fingerprint density at radius 2 is 1.86 bits per heavy atom. The molecule has 1 atom stereocenters. The third-order valence-corrected chi connectivity index (χ3v) is 6.45. The summed E-state index contributed by atoms with van der Waals surface area (Å²) in [7, 11) is -1.70. The highest BCUT2D eigenvalue weighted by molar-refractivity contribution is 7.38. The molecule has 1 fully saturated rings. The van der Waals surface area contributed by atoms with E-state index in [1.807, 2.05) is 19.1 Å². The van der Waals surface area contributed by atoms with Crippen molar-refractivity contribution < 1.29 is 30.2 Å². The molecule has 0 bridgehead atoms. The van der Waals surface area contributed by atoms with Gasteiger partial charge in [-0.1, -0.05) is 31.9 Å². The summed E-state index contributed by atoms with van der Waals surface area (Å²) in [6.45, 7) is 2.00. The van der Waals surface area contributed by atoms with Crippen LogP contribution >= 0.6 is 10.5 Å². The second-order valence-electron chi connectivity index (χ2n) is 5.46. The van der Waals surface area contributed by atoms with Crippen molar-refractivity contribution in [1.82, 2.24) is 0 Å². The number of halogens is 4. The first-order chi connectivity index (χ1) is 9.52. The number of aryl methyl sites for hydroxylation is 1. The SMILES string of the molecule is CCc1cccc2c1cc(C1CCCC1)[s+]2C(F)(F)F.[Br-]. The molecule has 1 aromatic carbocycles. The minimum atomic E-state index is -4.15. The third-order valence-electron chi connectivity index (χ3n) is 4.27. The lowest BCUT2D eigenvalue weighted by Crippen LogP contribution is -3.00. The van der Waals surface area contributed by atoms with E-state index in [2.05, 4.69) is 0 Å². The second kappa shape index (κ2) is 6.29. The van der Waals surface area contributed by atoms with Crippen LogP contribution in [0, 0.1) is 0 Å². The molecule has 0 aliphatic heterocycles. The molecule has 0 N–H and O–H groups in total. The molecule has 116 valence electrons. The lowest BCUT2D eigenvalue weighted by Gasteiger charge is -2.05. The first kappa shape index (κ1) is 16.8. The molecule has 5 heteroatoms. The van der Waals surface area contributed by atoms with Crippen LogP contribution in [0.15, 0.2) is 24.3 Å². The molecular formula is C16H18BrF3S. The summed E-state index contributed by atoms with van der Waals surface area (Å²) in [6, 6.07) is 7.25. The highest BCUT2D eigenvalue weighted by atomic mass is 79.9. The van der Waals surface area contributed by atoms with Gasteiger partial charge in [0.2, 0.25) is 0 Å². The number of fused-ring (bicyclic) bond motifs is 1. The molecule has 1 aliphatic rings. The van der Waals surface area contributed by atoms with E-state index in [0.717, 1.165) is 43.1 Å². The Morgan fingerprint density at radius 1 is 1.19 bits per heavy atom. The van der Waals surface area contributed by atoms with Gasteiger partial charge in [-0.15, -0.1) is 13.2 Å². The lowest BCUT2D eigenvalue weighted by molar-refractivity contribution is -0.0868. The zero-order valence-corrected chi connectivity index (χ0v) is 14.2. The Morgan fingerprint density at radius 3 is 2.43 bits per heavy atom. The molecule has 0 radical (unpaired) electrons. The Bertz CT molecular complexity index is 624. The second-order valence-corrected chi connectivity index (χ2v) is 7.45. The average Bonchev–Trinajstić information content (AvgIpc) is 3.03. The molecule has 1 aromatic heterocycles. The van der Waals surface area contributed by atoms with Crippen LogP contribution in [0.3, 0.4) is 0 Å². The molecular weight excluding hydrogens is 361 g/mol. The van der Waals surface area contributed by atoms with Crippen LogP contribution in [0.4, 0.5) is 13.2 Å². The van der Waals surface area contributed by atoms with Gasteiger partial charge in [-0.2, -0.15) is 0 Å². The molecule has 0 nitrogen and oxygen atoms in total. The van der Waals surface area contributed by atoms with Gasteiger partial charge in [-0.05, 0) is 30.9 Å². The molecule has 2 aromatic rings. The maximum atomic E-state index is 13.6. The summed E-state index contributed by atoms with van der Waals surface area (Å²) in [5.74, 6) is 0.136. The van der Waals surface area contributed by atoms with Crippen molar-refractivity contribution in [3.8, 4) is 0 Å². The minimum Gasteiger partial charge on any atom is -1.00 e. The predicted octanol–water partition coefficient (Wildman–Crippen LogP) is 3.29. The summed E-state index contributed by atoms with van der Waals surface area (Å²) < 4.78 is 41.1. The Labute approximate surface area is 136 Å². The Balaban J connectivity index is 0.00000161. The summed E-state index contributed by atoms with van der Waals surface area (Å²) in [6.07, 6.45) is 4.75. The number of hydrogen-bond acceptors (Lipinski definition) is 0. The molecule has 21 heavy (non-hydrogen) atoms.